The zero-order chi connectivity index (χ0) is 15.2. The molecule has 1 aliphatic rings. The molecule has 1 heterocycles. The molecule has 0 aromatic rings. The van der Waals surface area contributed by atoms with E-state index in [0.29, 0.717) is 13.0 Å². The molecular formula is C19H34O2. The molecule has 0 radical (unpaired) electrons. The van der Waals surface area contributed by atoms with Gasteiger partial charge in [0.1, 0.15) is 0 Å². The van der Waals surface area contributed by atoms with Crippen LogP contribution in [0, 0.1) is 0 Å². The lowest BCUT2D eigenvalue weighted by atomic mass is 10.0. The van der Waals surface area contributed by atoms with Crippen LogP contribution in [0.3, 0.4) is 0 Å². The highest BCUT2D eigenvalue weighted by molar-refractivity contribution is 5.69. The Hall–Kier alpha value is -0.790. The van der Waals surface area contributed by atoms with Crippen LogP contribution in [0.1, 0.15) is 96.8 Å². The van der Waals surface area contributed by atoms with Gasteiger partial charge in [0.25, 0.3) is 0 Å². The summed E-state index contributed by atoms with van der Waals surface area (Å²) in [4.78, 5) is 11.6. The first-order valence-corrected chi connectivity index (χ1v) is 9.16. The summed E-state index contributed by atoms with van der Waals surface area (Å²) < 4.78 is 5.28. The molecule has 0 saturated carbocycles. The van der Waals surface area contributed by atoms with Gasteiger partial charge in [0, 0.05) is 6.42 Å². The van der Waals surface area contributed by atoms with Crippen LogP contribution in [0.4, 0.5) is 0 Å². The molecule has 0 aliphatic carbocycles. The number of carbonyl (C=O) groups excluding carboxylic acids is 1. The zero-order valence-electron chi connectivity index (χ0n) is 14.0. The van der Waals surface area contributed by atoms with Gasteiger partial charge in [0.05, 0.1) is 6.61 Å². The lowest BCUT2D eigenvalue weighted by Crippen LogP contribution is -2.05. The normalized spacial score (nSPS) is 24.2. The second kappa shape index (κ2) is 12.9. The van der Waals surface area contributed by atoms with Crippen molar-refractivity contribution in [3.63, 3.8) is 0 Å². The summed E-state index contributed by atoms with van der Waals surface area (Å²) in [5.74, 6) is -0.0115. The van der Waals surface area contributed by atoms with Crippen LogP contribution in [-0.2, 0) is 9.53 Å². The van der Waals surface area contributed by atoms with Gasteiger partial charge >= 0.3 is 5.97 Å². The minimum atomic E-state index is -0.0115. The monoisotopic (exact) mass is 294 g/mol. The topological polar surface area (TPSA) is 26.3 Å². The number of hydrogen-bond acceptors (Lipinski definition) is 2. The van der Waals surface area contributed by atoms with Crippen LogP contribution < -0.4 is 0 Å². The third kappa shape index (κ3) is 10.6. The Kier molecular flexibility index (Phi) is 11.2. The first-order valence-electron chi connectivity index (χ1n) is 9.16. The van der Waals surface area contributed by atoms with E-state index >= 15 is 0 Å². The molecular weight excluding hydrogens is 260 g/mol. The fourth-order valence-electron chi connectivity index (χ4n) is 2.93. The molecule has 0 bridgehead atoms. The van der Waals surface area contributed by atoms with Crippen molar-refractivity contribution in [2.45, 2.75) is 96.8 Å². The molecule has 21 heavy (non-hydrogen) atoms. The fraction of sp³-hybridized carbons (Fsp3) is 0.842. The quantitative estimate of drug-likeness (QED) is 0.441. The molecule has 0 aromatic carbocycles. The van der Waals surface area contributed by atoms with Crippen LogP contribution in [0.25, 0.3) is 0 Å². The minimum absolute atomic E-state index is 0.0115. The highest BCUT2D eigenvalue weighted by Crippen LogP contribution is 2.16. The third-order valence-electron chi connectivity index (χ3n) is 4.38. The molecule has 0 N–H and O–H groups in total. The summed E-state index contributed by atoms with van der Waals surface area (Å²) >= 11 is 0. The van der Waals surface area contributed by atoms with E-state index < -0.39 is 0 Å². The summed E-state index contributed by atoms with van der Waals surface area (Å²) in [7, 11) is 0. The third-order valence-corrected chi connectivity index (χ3v) is 4.38. The number of cyclic esters (lactones) is 1. The molecule has 0 aromatic heterocycles. The standard InChI is InChI=1S/C19H34O2/c1-2-18-14-10-8-6-4-3-5-7-9-13-17-21-19(20)16-12-11-15-18/h15H,2-14,16-17H2,1H3/b18-15+. The van der Waals surface area contributed by atoms with Crippen molar-refractivity contribution in [3.8, 4) is 0 Å². The molecule has 1 rings (SSSR count). The summed E-state index contributed by atoms with van der Waals surface area (Å²) in [5.41, 5.74) is 1.57. The second-order valence-electron chi connectivity index (χ2n) is 6.26. The molecule has 2 nitrogen and oxygen atoms in total. The highest BCUT2D eigenvalue weighted by Gasteiger charge is 2.03. The Bertz CT molecular complexity index is 294. The van der Waals surface area contributed by atoms with E-state index in [1.165, 1.54) is 57.8 Å². The molecule has 2 heteroatoms. The second-order valence-corrected chi connectivity index (χ2v) is 6.26. The average molecular weight is 294 g/mol. The number of esters is 1. The van der Waals surface area contributed by atoms with Crippen molar-refractivity contribution in [1.29, 1.82) is 0 Å². The molecule has 0 unspecified atom stereocenters. The maximum Gasteiger partial charge on any atom is 0.305 e. The van der Waals surface area contributed by atoms with Crippen LogP contribution >= 0.6 is 0 Å². The van der Waals surface area contributed by atoms with Gasteiger partial charge in [-0.05, 0) is 38.5 Å². The van der Waals surface area contributed by atoms with E-state index in [1.54, 1.807) is 5.57 Å². The van der Waals surface area contributed by atoms with E-state index in [4.69, 9.17) is 4.74 Å². The van der Waals surface area contributed by atoms with E-state index in [1.807, 2.05) is 0 Å². The minimum Gasteiger partial charge on any atom is -0.466 e. The van der Waals surface area contributed by atoms with Gasteiger partial charge < -0.3 is 4.74 Å². The van der Waals surface area contributed by atoms with Crippen LogP contribution in [0.5, 0.6) is 0 Å². The number of ether oxygens (including phenoxy) is 1. The first-order chi connectivity index (χ1) is 10.3. The highest BCUT2D eigenvalue weighted by atomic mass is 16.5. The smallest absolute Gasteiger partial charge is 0.305 e. The van der Waals surface area contributed by atoms with Gasteiger partial charge in [-0.25, -0.2) is 0 Å². The van der Waals surface area contributed by atoms with Crippen molar-refractivity contribution < 1.29 is 9.53 Å². The molecule has 0 amide bonds. The van der Waals surface area contributed by atoms with Gasteiger partial charge in [0.15, 0.2) is 0 Å². The van der Waals surface area contributed by atoms with Gasteiger partial charge in [-0.3, -0.25) is 4.79 Å². The number of hydrogen-bond donors (Lipinski definition) is 0. The number of allylic oxidation sites excluding steroid dienone is 2. The zero-order valence-corrected chi connectivity index (χ0v) is 14.0. The molecule has 1 aliphatic heterocycles. The van der Waals surface area contributed by atoms with Crippen molar-refractivity contribution in [3.05, 3.63) is 11.6 Å². The SMILES string of the molecule is CC/C1=C\CCCC(=O)OCCCCCCCCCCC1. The molecule has 0 fully saturated rings. The lowest BCUT2D eigenvalue weighted by molar-refractivity contribution is -0.143. The van der Waals surface area contributed by atoms with Crippen molar-refractivity contribution in [1.82, 2.24) is 0 Å². The van der Waals surface area contributed by atoms with Crippen LogP contribution in [0.2, 0.25) is 0 Å². The number of carbonyl (C=O) groups is 1. The van der Waals surface area contributed by atoms with Crippen molar-refractivity contribution in [2.75, 3.05) is 6.61 Å². The van der Waals surface area contributed by atoms with Gasteiger partial charge in [-0.15, -0.1) is 0 Å². The van der Waals surface area contributed by atoms with Crippen molar-refractivity contribution in [2.24, 2.45) is 0 Å². The average Bonchev–Trinajstić information content (AvgIpc) is 2.49. The van der Waals surface area contributed by atoms with Crippen LogP contribution in [-0.4, -0.2) is 12.6 Å². The molecule has 0 atom stereocenters. The Morgan fingerprint density at radius 3 is 2.14 bits per heavy atom. The molecule has 0 saturated heterocycles. The van der Waals surface area contributed by atoms with Gasteiger partial charge in [0.2, 0.25) is 0 Å². The Labute approximate surface area is 131 Å². The van der Waals surface area contributed by atoms with E-state index in [2.05, 4.69) is 13.0 Å². The maximum atomic E-state index is 11.6. The van der Waals surface area contributed by atoms with Gasteiger partial charge in [-0.2, -0.15) is 0 Å². The number of rotatable bonds is 1. The van der Waals surface area contributed by atoms with Crippen molar-refractivity contribution >= 4 is 5.97 Å². The van der Waals surface area contributed by atoms with E-state index in [-0.39, 0.29) is 5.97 Å². The summed E-state index contributed by atoms with van der Waals surface area (Å²) in [5, 5.41) is 0. The summed E-state index contributed by atoms with van der Waals surface area (Å²) in [6.07, 6.45) is 19.0. The van der Waals surface area contributed by atoms with E-state index in [9.17, 15) is 4.79 Å². The molecule has 0 spiro atoms. The fourth-order valence-corrected chi connectivity index (χ4v) is 2.93. The van der Waals surface area contributed by atoms with E-state index in [0.717, 1.165) is 25.7 Å². The molecule has 122 valence electrons. The maximum absolute atomic E-state index is 11.6. The Morgan fingerprint density at radius 1 is 0.857 bits per heavy atom. The Morgan fingerprint density at radius 2 is 1.48 bits per heavy atom. The largest absolute Gasteiger partial charge is 0.466 e. The Balaban J connectivity index is 2.32. The summed E-state index contributed by atoms with van der Waals surface area (Å²) in [6.45, 7) is 2.86. The predicted molar refractivity (Wildman–Crippen MR) is 89.4 cm³/mol. The van der Waals surface area contributed by atoms with Crippen LogP contribution in [0.15, 0.2) is 11.6 Å². The first kappa shape index (κ1) is 18.3. The predicted octanol–water partition coefficient (Wildman–Crippen LogP) is 5.95. The van der Waals surface area contributed by atoms with Gasteiger partial charge in [-0.1, -0.05) is 63.5 Å². The lowest BCUT2D eigenvalue weighted by Gasteiger charge is -2.07. The summed E-state index contributed by atoms with van der Waals surface area (Å²) in [6, 6.07) is 0.